The zero-order valence-electron chi connectivity index (χ0n) is 17.9. The summed E-state index contributed by atoms with van der Waals surface area (Å²) < 4.78 is 10.1. The van der Waals surface area contributed by atoms with E-state index in [0.717, 1.165) is 5.56 Å². The molecule has 0 heterocycles. The molecule has 2 aromatic carbocycles. The van der Waals surface area contributed by atoms with Gasteiger partial charge in [-0.25, -0.2) is 9.59 Å². The van der Waals surface area contributed by atoms with Crippen molar-refractivity contribution in [3.8, 4) is 11.1 Å². The van der Waals surface area contributed by atoms with E-state index >= 15 is 0 Å². The lowest BCUT2D eigenvalue weighted by atomic mass is 9.95. The quantitative estimate of drug-likeness (QED) is 0.706. The largest absolute Gasteiger partial charge is 0.465 e. The van der Waals surface area contributed by atoms with Crippen LogP contribution in [0.5, 0.6) is 0 Å². The second-order valence-corrected chi connectivity index (χ2v) is 7.78. The van der Waals surface area contributed by atoms with Crippen molar-refractivity contribution in [2.75, 3.05) is 7.11 Å². The van der Waals surface area contributed by atoms with E-state index in [1.54, 1.807) is 33.8 Å². The summed E-state index contributed by atoms with van der Waals surface area (Å²) in [5.41, 5.74) is 1.92. The molecule has 0 aliphatic heterocycles. The van der Waals surface area contributed by atoms with Gasteiger partial charge in [0.15, 0.2) is 0 Å². The fraction of sp³-hybridized carbons (Fsp3) is 0.348. The van der Waals surface area contributed by atoms with E-state index in [2.05, 4.69) is 10.6 Å². The van der Waals surface area contributed by atoms with Crippen LogP contribution in [0.15, 0.2) is 48.5 Å². The monoisotopic (exact) mass is 412 g/mol. The van der Waals surface area contributed by atoms with Gasteiger partial charge in [0, 0.05) is 6.54 Å². The van der Waals surface area contributed by atoms with Crippen molar-refractivity contribution >= 4 is 18.0 Å². The van der Waals surface area contributed by atoms with Crippen LogP contribution in [0.25, 0.3) is 11.1 Å². The third-order valence-corrected chi connectivity index (χ3v) is 4.20. The van der Waals surface area contributed by atoms with Gasteiger partial charge in [0.2, 0.25) is 5.91 Å². The molecule has 0 aliphatic carbocycles. The second-order valence-electron chi connectivity index (χ2n) is 7.78. The van der Waals surface area contributed by atoms with Gasteiger partial charge in [-0.15, -0.1) is 0 Å². The maximum Gasteiger partial charge on any atom is 0.408 e. The van der Waals surface area contributed by atoms with E-state index in [1.165, 1.54) is 7.11 Å². The molecule has 0 spiro atoms. The molecule has 0 radical (unpaired) electrons. The Hall–Kier alpha value is -3.35. The molecule has 2 aromatic rings. The van der Waals surface area contributed by atoms with Crippen LogP contribution < -0.4 is 10.6 Å². The number of esters is 1. The molecule has 1 unspecified atom stereocenters. The van der Waals surface area contributed by atoms with Crippen molar-refractivity contribution < 1.29 is 23.9 Å². The fourth-order valence-corrected chi connectivity index (χ4v) is 2.83. The number of carbonyl (C=O) groups excluding carboxylic acids is 3. The summed E-state index contributed by atoms with van der Waals surface area (Å²) in [6, 6.07) is 14.1. The Bertz CT molecular complexity index is 904. The lowest BCUT2D eigenvalue weighted by molar-refractivity contribution is -0.122. The summed E-state index contributed by atoms with van der Waals surface area (Å²) in [6.45, 7) is 6.88. The van der Waals surface area contributed by atoms with E-state index in [1.807, 2.05) is 42.5 Å². The highest BCUT2D eigenvalue weighted by Crippen LogP contribution is 2.27. The SMILES string of the molecule is COC(=O)c1c(CNC(=O)C(C)NC(=O)OC(C)(C)C)cccc1-c1ccccc1. The first-order chi connectivity index (χ1) is 14.1. The molecule has 2 rings (SSSR count). The Labute approximate surface area is 176 Å². The topological polar surface area (TPSA) is 93.7 Å². The Balaban J connectivity index is 2.15. The molecule has 0 fully saturated rings. The smallest absolute Gasteiger partial charge is 0.408 e. The minimum absolute atomic E-state index is 0.101. The Morgan fingerprint density at radius 2 is 1.67 bits per heavy atom. The van der Waals surface area contributed by atoms with Gasteiger partial charge in [0.25, 0.3) is 0 Å². The summed E-state index contributed by atoms with van der Waals surface area (Å²) in [4.78, 5) is 36.8. The molecule has 0 bridgehead atoms. The number of ether oxygens (including phenoxy) is 2. The van der Waals surface area contributed by atoms with Crippen molar-refractivity contribution in [1.82, 2.24) is 10.6 Å². The maximum atomic E-state index is 12.5. The third-order valence-electron chi connectivity index (χ3n) is 4.20. The van der Waals surface area contributed by atoms with Crippen molar-refractivity contribution in [2.45, 2.75) is 45.9 Å². The summed E-state index contributed by atoms with van der Waals surface area (Å²) >= 11 is 0. The van der Waals surface area contributed by atoms with E-state index < -0.39 is 29.6 Å². The zero-order valence-corrected chi connectivity index (χ0v) is 17.9. The molecule has 30 heavy (non-hydrogen) atoms. The molecular formula is C23H28N2O5. The summed E-state index contributed by atoms with van der Waals surface area (Å²) in [7, 11) is 1.32. The first kappa shape index (κ1) is 22.9. The van der Waals surface area contributed by atoms with Crippen LogP contribution in [0.1, 0.15) is 43.6 Å². The van der Waals surface area contributed by atoms with Crippen LogP contribution >= 0.6 is 0 Å². The Morgan fingerprint density at radius 3 is 2.27 bits per heavy atom. The predicted molar refractivity (Wildman–Crippen MR) is 114 cm³/mol. The van der Waals surface area contributed by atoms with Crippen LogP contribution in [-0.4, -0.2) is 36.7 Å². The molecule has 0 saturated carbocycles. The van der Waals surface area contributed by atoms with Gasteiger partial charge < -0.3 is 20.1 Å². The number of nitrogens with one attached hydrogen (secondary N) is 2. The number of hydrogen-bond acceptors (Lipinski definition) is 5. The van der Waals surface area contributed by atoms with Gasteiger partial charge in [-0.05, 0) is 44.4 Å². The number of amides is 2. The molecule has 2 amide bonds. The van der Waals surface area contributed by atoms with Crippen molar-refractivity contribution in [2.24, 2.45) is 0 Å². The van der Waals surface area contributed by atoms with Crippen molar-refractivity contribution in [3.05, 3.63) is 59.7 Å². The summed E-state index contributed by atoms with van der Waals surface area (Å²) in [5, 5.41) is 5.24. The minimum atomic E-state index is -0.807. The zero-order chi connectivity index (χ0) is 22.3. The predicted octanol–water partition coefficient (Wildman–Crippen LogP) is 3.67. The van der Waals surface area contributed by atoms with Crippen LogP contribution in [0, 0.1) is 0 Å². The number of rotatable bonds is 6. The maximum absolute atomic E-state index is 12.5. The molecule has 7 nitrogen and oxygen atoms in total. The number of alkyl carbamates (subject to hydrolysis) is 1. The number of hydrogen-bond donors (Lipinski definition) is 2. The molecule has 7 heteroatoms. The van der Waals surface area contributed by atoms with Crippen LogP contribution in [-0.2, 0) is 20.8 Å². The average Bonchev–Trinajstić information content (AvgIpc) is 2.70. The molecule has 0 aliphatic rings. The standard InChI is InChI=1S/C23H28N2O5/c1-15(25-22(28)30-23(2,3)4)20(26)24-14-17-12-9-13-18(19(17)21(27)29-5)16-10-7-6-8-11-16/h6-13,15H,14H2,1-5H3,(H,24,26)(H,25,28). The van der Waals surface area contributed by atoms with Crippen LogP contribution in [0.4, 0.5) is 4.79 Å². The highest BCUT2D eigenvalue weighted by Gasteiger charge is 2.22. The van der Waals surface area contributed by atoms with E-state index in [0.29, 0.717) is 16.7 Å². The van der Waals surface area contributed by atoms with Gasteiger partial charge >= 0.3 is 12.1 Å². The van der Waals surface area contributed by atoms with E-state index in [9.17, 15) is 14.4 Å². The van der Waals surface area contributed by atoms with Crippen LogP contribution in [0.2, 0.25) is 0 Å². The van der Waals surface area contributed by atoms with E-state index in [4.69, 9.17) is 9.47 Å². The van der Waals surface area contributed by atoms with Crippen molar-refractivity contribution in [3.63, 3.8) is 0 Å². The van der Waals surface area contributed by atoms with Gasteiger partial charge in [-0.2, -0.15) is 0 Å². The van der Waals surface area contributed by atoms with E-state index in [-0.39, 0.29) is 6.54 Å². The normalized spacial score (nSPS) is 11.9. The number of methoxy groups -OCH3 is 1. The fourth-order valence-electron chi connectivity index (χ4n) is 2.83. The van der Waals surface area contributed by atoms with Crippen LogP contribution in [0.3, 0.4) is 0 Å². The van der Waals surface area contributed by atoms with Gasteiger partial charge in [0.05, 0.1) is 12.7 Å². The van der Waals surface area contributed by atoms with Gasteiger partial charge in [-0.1, -0.05) is 48.5 Å². The highest BCUT2D eigenvalue weighted by atomic mass is 16.6. The summed E-state index contributed by atoms with van der Waals surface area (Å²) in [5.74, 6) is -0.889. The lowest BCUT2D eigenvalue weighted by Crippen LogP contribution is -2.46. The highest BCUT2D eigenvalue weighted by molar-refractivity contribution is 5.99. The average molecular weight is 412 g/mol. The Kier molecular flexibility index (Phi) is 7.58. The van der Waals surface area contributed by atoms with Crippen molar-refractivity contribution in [1.29, 1.82) is 0 Å². The number of benzene rings is 2. The summed E-state index contributed by atoms with van der Waals surface area (Å²) in [6.07, 6.45) is -0.675. The molecular weight excluding hydrogens is 384 g/mol. The lowest BCUT2D eigenvalue weighted by Gasteiger charge is -2.22. The first-order valence-electron chi connectivity index (χ1n) is 9.65. The van der Waals surface area contributed by atoms with Gasteiger partial charge in [-0.3, -0.25) is 4.79 Å². The molecule has 2 N–H and O–H groups in total. The third kappa shape index (κ3) is 6.34. The number of carbonyl (C=O) groups is 3. The second kappa shape index (κ2) is 9.91. The minimum Gasteiger partial charge on any atom is -0.465 e. The molecule has 0 saturated heterocycles. The molecule has 160 valence electrons. The first-order valence-corrected chi connectivity index (χ1v) is 9.65. The Morgan fingerprint density at radius 1 is 1.00 bits per heavy atom. The van der Waals surface area contributed by atoms with Gasteiger partial charge in [0.1, 0.15) is 11.6 Å². The molecule has 0 aromatic heterocycles. The molecule has 1 atom stereocenters.